The molecule has 32 heavy (non-hydrogen) atoms. The first kappa shape index (κ1) is 21.2. The zero-order chi connectivity index (χ0) is 22.8. The van der Waals surface area contributed by atoms with Gasteiger partial charge in [0.2, 0.25) is 0 Å². The largest absolute Gasteiger partial charge is 0.497 e. The van der Waals surface area contributed by atoms with Gasteiger partial charge in [0.05, 0.1) is 24.3 Å². The fraction of sp³-hybridized carbons (Fsp3) is 0.160. The van der Waals surface area contributed by atoms with Crippen molar-refractivity contribution in [1.29, 1.82) is 0 Å². The molecule has 3 amide bonds. The Bertz CT molecular complexity index is 1190. The molecule has 1 N–H and O–H groups in total. The summed E-state index contributed by atoms with van der Waals surface area (Å²) in [4.78, 5) is 38.5. The smallest absolute Gasteiger partial charge is 0.261 e. The van der Waals surface area contributed by atoms with Gasteiger partial charge in [0.1, 0.15) is 11.6 Å². The molecule has 0 spiro atoms. The van der Waals surface area contributed by atoms with E-state index in [9.17, 15) is 18.8 Å². The van der Waals surface area contributed by atoms with Gasteiger partial charge in [-0.15, -0.1) is 0 Å². The molecule has 0 fully saturated rings. The molecule has 0 aromatic heterocycles. The topological polar surface area (TPSA) is 75.7 Å². The highest BCUT2D eigenvalue weighted by Crippen LogP contribution is 2.25. The van der Waals surface area contributed by atoms with Crippen molar-refractivity contribution in [2.75, 3.05) is 14.2 Å². The highest BCUT2D eigenvalue weighted by Gasteiger charge is 2.33. The van der Waals surface area contributed by atoms with Gasteiger partial charge in [0.25, 0.3) is 17.7 Å². The van der Waals surface area contributed by atoms with E-state index in [1.807, 2.05) is 12.1 Å². The second kappa shape index (κ2) is 8.63. The van der Waals surface area contributed by atoms with Crippen LogP contribution in [0.5, 0.6) is 5.75 Å². The van der Waals surface area contributed by atoms with Gasteiger partial charge in [-0.05, 0) is 60.0 Å². The number of carbonyl (C=O) groups excluding carboxylic acids is 3. The van der Waals surface area contributed by atoms with Crippen molar-refractivity contribution in [1.82, 2.24) is 10.2 Å². The summed E-state index contributed by atoms with van der Waals surface area (Å²) in [6, 6.07) is 17.5. The minimum atomic E-state index is -0.433. The average molecular weight is 432 g/mol. The monoisotopic (exact) mass is 432 g/mol. The van der Waals surface area contributed by atoms with E-state index in [1.165, 1.54) is 37.4 Å². The molecule has 0 saturated carbocycles. The molecular weight excluding hydrogens is 411 g/mol. The van der Waals surface area contributed by atoms with Crippen molar-refractivity contribution in [3.63, 3.8) is 0 Å². The van der Waals surface area contributed by atoms with E-state index in [4.69, 9.17) is 4.74 Å². The number of halogens is 1. The lowest BCUT2D eigenvalue weighted by Gasteiger charge is -2.20. The number of hydrogen-bond donors (Lipinski definition) is 1. The number of amides is 3. The number of benzene rings is 3. The molecule has 3 aromatic carbocycles. The predicted molar refractivity (Wildman–Crippen MR) is 116 cm³/mol. The number of imide groups is 1. The average Bonchev–Trinajstić information content (AvgIpc) is 3.03. The van der Waals surface area contributed by atoms with Crippen molar-refractivity contribution in [2.45, 2.75) is 12.5 Å². The first-order valence-electron chi connectivity index (χ1n) is 10.0. The van der Waals surface area contributed by atoms with Gasteiger partial charge >= 0.3 is 0 Å². The third-order valence-corrected chi connectivity index (χ3v) is 5.53. The Morgan fingerprint density at radius 2 is 1.62 bits per heavy atom. The Kier molecular flexibility index (Phi) is 5.73. The number of carbonyl (C=O) groups is 3. The maximum absolute atomic E-state index is 13.3. The SMILES string of the molecule is COc1ccc(C(Cc2ccc(F)cc2)NC(=O)c2ccc3c(c2)C(=O)N(C)C3=O)cc1. The van der Waals surface area contributed by atoms with Gasteiger partial charge < -0.3 is 10.1 Å². The molecule has 6 nitrogen and oxygen atoms in total. The van der Waals surface area contributed by atoms with Crippen molar-refractivity contribution < 1.29 is 23.5 Å². The summed E-state index contributed by atoms with van der Waals surface area (Å²) in [6.07, 6.45) is 0.434. The van der Waals surface area contributed by atoms with E-state index in [0.29, 0.717) is 12.2 Å². The van der Waals surface area contributed by atoms with Crippen LogP contribution < -0.4 is 10.1 Å². The van der Waals surface area contributed by atoms with Gasteiger partial charge in [-0.25, -0.2) is 4.39 Å². The lowest BCUT2D eigenvalue weighted by Crippen LogP contribution is -2.30. The zero-order valence-electron chi connectivity index (χ0n) is 17.6. The van der Waals surface area contributed by atoms with Crippen LogP contribution in [0.1, 0.15) is 48.2 Å². The van der Waals surface area contributed by atoms with Gasteiger partial charge in [0, 0.05) is 12.6 Å². The molecule has 0 radical (unpaired) electrons. The molecule has 162 valence electrons. The third kappa shape index (κ3) is 4.09. The van der Waals surface area contributed by atoms with Crippen LogP contribution in [0.3, 0.4) is 0 Å². The summed E-state index contributed by atoms with van der Waals surface area (Å²) in [5.41, 5.74) is 2.47. The maximum Gasteiger partial charge on any atom is 0.261 e. The third-order valence-electron chi connectivity index (χ3n) is 5.53. The molecule has 1 heterocycles. The summed E-state index contributed by atoms with van der Waals surface area (Å²) in [5, 5.41) is 3.00. The number of fused-ring (bicyclic) bond motifs is 1. The van der Waals surface area contributed by atoms with Crippen LogP contribution in [0.25, 0.3) is 0 Å². The van der Waals surface area contributed by atoms with Crippen LogP contribution in [-0.2, 0) is 6.42 Å². The van der Waals surface area contributed by atoms with E-state index in [-0.39, 0.29) is 34.3 Å². The second-order valence-corrected chi connectivity index (χ2v) is 7.56. The van der Waals surface area contributed by atoms with E-state index >= 15 is 0 Å². The summed E-state index contributed by atoms with van der Waals surface area (Å²) in [6.45, 7) is 0. The van der Waals surface area contributed by atoms with E-state index in [1.54, 1.807) is 31.4 Å². The molecule has 7 heteroatoms. The Labute approximate surface area is 184 Å². The first-order chi connectivity index (χ1) is 15.4. The van der Waals surface area contributed by atoms with Crippen molar-refractivity contribution >= 4 is 17.7 Å². The molecule has 4 rings (SSSR count). The summed E-state index contributed by atoms with van der Waals surface area (Å²) < 4.78 is 18.5. The maximum atomic E-state index is 13.3. The fourth-order valence-corrected chi connectivity index (χ4v) is 3.69. The van der Waals surface area contributed by atoms with Crippen molar-refractivity contribution in [3.05, 3.63) is 100 Å². The Hall–Kier alpha value is -4.00. The van der Waals surface area contributed by atoms with Crippen LogP contribution in [-0.4, -0.2) is 36.8 Å². The minimum absolute atomic E-state index is 0.213. The number of nitrogens with zero attached hydrogens (tertiary/aromatic N) is 1. The molecule has 1 atom stereocenters. The highest BCUT2D eigenvalue weighted by molar-refractivity contribution is 6.21. The van der Waals surface area contributed by atoms with Gasteiger partial charge in [-0.2, -0.15) is 0 Å². The van der Waals surface area contributed by atoms with E-state index in [0.717, 1.165) is 16.0 Å². The van der Waals surface area contributed by atoms with Crippen molar-refractivity contribution in [2.24, 2.45) is 0 Å². The molecule has 1 aliphatic rings. The Morgan fingerprint density at radius 3 is 2.28 bits per heavy atom. The normalized spacial score (nSPS) is 13.7. The zero-order valence-corrected chi connectivity index (χ0v) is 17.6. The second-order valence-electron chi connectivity index (χ2n) is 7.56. The Morgan fingerprint density at radius 1 is 0.969 bits per heavy atom. The molecule has 0 aliphatic carbocycles. The standard InChI is InChI=1S/C25H21FN2O4/c1-28-24(30)20-12-7-17(14-21(20)25(28)31)23(29)27-22(13-15-3-8-18(26)9-4-15)16-5-10-19(32-2)11-6-16/h3-12,14,22H,13H2,1-2H3,(H,27,29). The Balaban J connectivity index is 1.61. The lowest BCUT2D eigenvalue weighted by atomic mass is 9.97. The molecule has 0 bridgehead atoms. The van der Waals surface area contributed by atoms with E-state index < -0.39 is 11.9 Å². The number of hydrogen-bond acceptors (Lipinski definition) is 4. The summed E-state index contributed by atoms with van der Waals surface area (Å²) in [7, 11) is 2.98. The summed E-state index contributed by atoms with van der Waals surface area (Å²) in [5.74, 6) is -0.847. The fourth-order valence-electron chi connectivity index (χ4n) is 3.69. The van der Waals surface area contributed by atoms with Crippen LogP contribution in [0.4, 0.5) is 4.39 Å². The van der Waals surface area contributed by atoms with Crippen LogP contribution in [0.2, 0.25) is 0 Å². The van der Waals surface area contributed by atoms with E-state index in [2.05, 4.69) is 5.32 Å². The van der Waals surface area contributed by atoms with Gasteiger partial charge in [0.15, 0.2) is 0 Å². The molecule has 1 aliphatic heterocycles. The molecule has 1 unspecified atom stereocenters. The minimum Gasteiger partial charge on any atom is -0.497 e. The van der Waals surface area contributed by atoms with Crippen molar-refractivity contribution in [3.8, 4) is 5.75 Å². The quantitative estimate of drug-likeness (QED) is 0.602. The lowest BCUT2D eigenvalue weighted by molar-refractivity contribution is 0.0693. The molecule has 3 aromatic rings. The van der Waals surface area contributed by atoms with Crippen LogP contribution >= 0.6 is 0 Å². The first-order valence-corrected chi connectivity index (χ1v) is 10.0. The number of rotatable bonds is 6. The van der Waals surface area contributed by atoms with Gasteiger partial charge in [-0.3, -0.25) is 19.3 Å². The summed E-state index contributed by atoms with van der Waals surface area (Å²) >= 11 is 0. The number of methoxy groups -OCH3 is 1. The molecular formula is C25H21FN2O4. The highest BCUT2D eigenvalue weighted by atomic mass is 19.1. The van der Waals surface area contributed by atoms with Crippen LogP contribution in [0, 0.1) is 5.82 Å². The van der Waals surface area contributed by atoms with Gasteiger partial charge in [-0.1, -0.05) is 24.3 Å². The number of ether oxygens (including phenoxy) is 1. The predicted octanol–water partition coefficient (Wildman–Crippen LogP) is 3.77. The van der Waals surface area contributed by atoms with Crippen LogP contribution in [0.15, 0.2) is 66.7 Å². The molecule has 0 saturated heterocycles. The number of nitrogens with one attached hydrogen (secondary N) is 1.